The second kappa shape index (κ2) is 7.84. The SMILES string of the molecule is CC(C)NCCCC(=O)NCc1ccc(Br)s1. The Bertz CT molecular complexity index is 352. The molecule has 0 unspecified atom stereocenters. The van der Waals surface area contributed by atoms with Crippen LogP contribution in [0.3, 0.4) is 0 Å². The molecule has 0 atom stereocenters. The minimum absolute atomic E-state index is 0.125. The molecule has 1 rings (SSSR count). The van der Waals surface area contributed by atoms with Crippen LogP contribution in [0.5, 0.6) is 0 Å². The van der Waals surface area contributed by atoms with E-state index in [2.05, 4.69) is 40.4 Å². The van der Waals surface area contributed by atoms with Gasteiger partial charge in [-0.1, -0.05) is 13.8 Å². The summed E-state index contributed by atoms with van der Waals surface area (Å²) in [5.74, 6) is 0.125. The minimum Gasteiger partial charge on any atom is -0.351 e. The summed E-state index contributed by atoms with van der Waals surface area (Å²) in [5.41, 5.74) is 0. The largest absolute Gasteiger partial charge is 0.351 e. The van der Waals surface area contributed by atoms with Crippen molar-refractivity contribution in [2.24, 2.45) is 0 Å². The molecule has 0 saturated heterocycles. The third kappa shape index (κ3) is 6.81. The van der Waals surface area contributed by atoms with E-state index in [0.29, 0.717) is 19.0 Å². The van der Waals surface area contributed by atoms with Gasteiger partial charge in [-0.15, -0.1) is 11.3 Å². The van der Waals surface area contributed by atoms with E-state index in [0.717, 1.165) is 16.8 Å². The van der Waals surface area contributed by atoms with Crippen molar-refractivity contribution < 1.29 is 4.79 Å². The zero-order valence-electron chi connectivity index (χ0n) is 10.3. The Morgan fingerprint density at radius 2 is 2.24 bits per heavy atom. The highest BCUT2D eigenvalue weighted by atomic mass is 79.9. The van der Waals surface area contributed by atoms with Crippen molar-refractivity contribution >= 4 is 33.2 Å². The standard InChI is InChI=1S/C12H19BrN2OS/c1-9(2)14-7-3-4-12(16)15-8-10-5-6-11(13)17-10/h5-6,9,14H,3-4,7-8H2,1-2H3,(H,15,16). The van der Waals surface area contributed by atoms with Gasteiger partial charge in [0.1, 0.15) is 0 Å². The van der Waals surface area contributed by atoms with E-state index in [4.69, 9.17) is 0 Å². The molecule has 1 aromatic rings. The molecule has 0 aliphatic rings. The maximum Gasteiger partial charge on any atom is 0.220 e. The van der Waals surface area contributed by atoms with Gasteiger partial charge in [0.05, 0.1) is 10.3 Å². The van der Waals surface area contributed by atoms with E-state index in [9.17, 15) is 4.79 Å². The molecule has 3 nitrogen and oxygen atoms in total. The van der Waals surface area contributed by atoms with Crippen molar-refractivity contribution in [2.75, 3.05) is 6.54 Å². The third-order valence-electron chi connectivity index (χ3n) is 2.22. The molecule has 0 saturated carbocycles. The van der Waals surface area contributed by atoms with Crippen molar-refractivity contribution in [2.45, 2.75) is 39.3 Å². The molecule has 0 aliphatic heterocycles. The van der Waals surface area contributed by atoms with Crippen LogP contribution in [0.4, 0.5) is 0 Å². The Morgan fingerprint density at radius 1 is 1.47 bits per heavy atom. The Morgan fingerprint density at radius 3 is 2.82 bits per heavy atom. The first-order chi connectivity index (χ1) is 8.08. The molecule has 17 heavy (non-hydrogen) atoms. The van der Waals surface area contributed by atoms with E-state index in [1.165, 1.54) is 4.88 Å². The van der Waals surface area contributed by atoms with Crippen LogP contribution in [0.2, 0.25) is 0 Å². The second-order valence-electron chi connectivity index (χ2n) is 4.19. The van der Waals surface area contributed by atoms with Gasteiger partial charge in [0.25, 0.3) is 0 Å². The summed E-state index contributed by atoms with van der Waals surface area (Å²) in [5, 5.41) is 6.22. The molecule has 0 radical (unpaired) electrons. The maximum atomic E-state index is 11.5. The van der Waals surface area contributed by atoms with Crippen molar-refractivity contribution in [3.63, 3.8) is 0 Å². The summed E-state index contributed by atoms with van der Waals surface area (Å²) >= 11 is 5.05. The highest BCUT2D eigenvalue weighted by molar-refractivity contribution is 9.11. The average molecular weight is 319 g/mol. The number of thiophene rings is 1. The second-order valence-corrected chi connectivity index (χ2v) is 6.74. The predicted molar refractivity (Wildman–Crippen MR) is 76.2 cm³/mol. The van der Waals surface area contributed by atoms with Crippen LogP contribution in [0.15, 0.2) is 15.9 Å². The third-order valence-corrected chi connectivity index (χ3v) is 3.85. The molecular formula is C12H19BrN2OS. The van der Waals surface area contributed by atoms with Gasteiger partial charge in [-0.25, -0.2) is 0 Å². The van der Waals surface area contributed by atoms with Crippen LogP contribution in [0.1, 0.15) is 31.6 Å². The van der Waals surface area contributed by atoms with Crippen molar-refractivity contribution in [3.05, 3.63) is 20.8 Å². The lowest BCUT2D eigenvalue weighted by Crippen LogP contribution is -2.26. The number of rotatable bonds is 7. The molecule has 1 aromatic heterocycles. The van der Waals surface area contributed by atoms with Crippen LogP contribution in [-0.2, 0) is 11.3 Å². The van der Waals surface area contributed by atoms with Crippen LogP contribution in [0.25, 0.3) is 0 Å². The lowest BCUT2D eigenvalue weighted by Gasteiger charge is -2.07. The van der Waals surface area contributed by atoms with Gasteiger partial charge in [-0.2, -0.15) is 0 Å². The Labute approximate surface area is 115 Å². The van der Waals surface area contributed by atoms with Crippen LogP contribution in [0, 0.1) is 0 Å². The van der Waals surface area contributed by atoms with E-state index >= 15 is 0 Å². The smallest absolute Gasteiger partial charge is 0.220 e. The van der Waals surface area contributed by atoms with E-state index in [1.54, 1.807) is 11.3 Å². The lowest BCUT2D eigenvalue weighted by molar-refractivity contribution is -0.121. The van der Waals surface area contributed by atoms with Gasteiger partial charge in [0, 0.05) is 17.3 Å². The topological polar surface area (TPSA) is 41.1 Å². The fraction of sp³-hybridized carbons (Fsp3) is 0.583. The maximum absolute atomic E-state index is 11.5. The highest BCUT2D eigenvalue weighted by Gasteiger charge is 2.03. The highest BCUT2D eigenvalue weighted by Crippen LogP contribution is 2.21. The zero-order chi connectivity index (χ0) is 12.7. The predicted octanol–water partition coefficient (Wildman–Crippen LogP) is 2.91. The first kappa shape index (κ1) is 14.7. The zero-order valence-corrected chi connectivity index (χ0v) is 12.7. The number of carbonyl (C=O) groups is 1. The van der Waals surface area contributed by atoms with E-state index in [-0.39, 0.29) is 5.91 Å². The minimum atomic E-state index is 0.125. The monoisotopic (exact) mass is 318 g/mol. The van der Waals surface area contributed by atoms with Crippen LogP contribution in [-0.4, -0.2) is 18.5 Å². The molecule has 0 aliphatic carbocycles. The molecule has 0 bridgehead atoms. The normalized spacial score (nSPS) is 10.8. The van der Waals surface area contributed by atoms with Gasteiger partial charge in [-0.05, 0) is 41.0 Å². The fourth-order valence-electron chi connectivity index (χ4n) is 1.36. The molecule has 2 N–H and O–H groups in total. The van der Waals surface area contributed by atoms with Crippen LogP contribution >= 0.6 is 27.3 Å². The number of amides is 1. The number of hydrogen-bond donors (Lipinski definition) is 2. The molecule has 96 valence electrons. The summed E-state index contributed by atoms with van der Waals surface area (Å²) in [6, 6.07) is 4.51. The van der Waals surface area contributed by atoms with Crippen molar-refractivity contribution in [1.82, 2.24) is 10.6 Å². The summed E-state index contributed by atoms with van der Waals surface area (Å²) in [6.07, 6.45) is 1.48. The van der Waals surface area contributed by atoms with Crippen molar-refractivity contribution in [3.8, 4) is 0 Å². The first-order valence-electron chi connectivity index (χ1n) is 5.82. The average Bonchev–Trinajstić information content (AvgIpc) is 2.67. The van der Waals surface area contributed by atoms with E-state index < -0.39 is 0 Å². The van der Waals surface area contributed by atoms with Crippen LogP contribution < -0.4 is 10.6 Å². The molecule has 0 aromatic carbocycles. The number of hydrogen-bond acceptors (Lipinski definition) is 3. The summed E-state index contributed by atoms with van der Waals surface area (Å²) in [6.45, 7) is 5.74. The fourth-order valence-corrected chi connectivity index (χ4v) is 2.78. The Balaban J connectivity index is 2.09. The number of carbonyl (C=O) groups excluding carboxylic acids is 1. The van der Waals surface area contributed by atoms with E-state index in [1.807, 2.05) is 12.1 Å². The molecule has 0 spiro atoms. The first-order valence-corrected chi connectivity index (χ1v) is 7.43. The quantitative estimate of drug-likeness (QED) is 0.759. The van der Waals surface area contributed by atoms with Gasteiger partial charge in [0.15, 0.2) is 0 Å². The van der Waals surface area contributed by atoms with Gasteiger partial charge >= 0.3 is 0 Å². The molecule has 1 amide bonds. The summed E-state index contributed by atoms with van der Waals surface area (Å²) in [4.78, 5) is 12.7. The molecule has 1 heterocycles. The van der Waals surface area contributed by atoms with Gasteiger partial charge in [-0.3, -0.25) is 4.79 Å². The van der Waals surface area contributed by atoms with Gasteiger partial charge in [0.2, 0.25) is 5.91 Å². The molecular weight excluding hydrogens is 300 g/mol. The molecule has 0 fully saturated rings. The van der Waals surface area contributed by atoms with Gasteiger partial charge < -0.3 is 10.6 Å². The number of nitrogens with one attached hydrogen (secondary N) is 2. The Kier molecular flexibility index (Phi) is 6.77. The Hall–Kier alpha value is -0.390. The lowest BCUT2D eigenvalue weighted by atomic mass is 10.2. The summed E-state index contributed by atoms with van der Waals surface area (Å²) in [7, 11) is 0. The summed E-state index contributed by atoms with van der Waals surface area (Å²) < 4.78 is 1.10. The van der Waals surface area contributed by atoms with Crippen molar-refractivity contribution in [1.29, 1.82) is 0 Å². The number of halogens is 1. The molecule has 5 heteroatoms.